The van der Waals surface area contributed by atoms with Gasteiger partial charge in [0.05, 0.1) is 31.8 Å². The van der Waals surface area contributed by atoms with Gasteiger partial charge >= 0.3 is 0 Å². The Bertz CT molecular complexity index is 1030. The topological polar surface area (TPSA) is 74.1 Å². The van der Waals surface area contributed by atoms with Crippen LogP contribution in [0.2, 0.25) is 0 Å². The second kappa shape index (κ2) is 8.74. The van der Waals surface area contributed by atoms with Gasteiger partial charge in [0.15, 0.2) is 15.3 Å². The highest BCUT2D eigenvalue weighted by atomic mass is 32.2. The van der Waals surface area contributed by atoms with Crippen molar-refractivity contribution in [3.63, 3.8) is 0 Å². The van der Waals surface area contributed by atoms with Crippen LogP contribution in [0.15, 0.2) is 57.5 Å². The summed E-state index contributed by atoms with van der Waals surface area (Å²) in [5, 5.41) is 12.5. The van der Waals surface area contributed by atoms with Crippen LogP contribution in [0.1, 0.15) is 5.56 Å². The molecule has 0 aliphatic rings. The summed E-state index contributed by atoms with van der Waals surface area (Å²) in [5.74, 6) is 1.68. The molecule has 0 atom stereocenters. The Balaban J connectivity index is 1.65. The molecule has 0 saturated carbocycles. The van der Waals surface area contributed by atoms with E-state index in [1.165, 1.54) is 23.1 Å². The predicted octanol–water partition coefficient (Wildman–Crippen LogP) is 4.64. The average Bonchev–Trinajstić information content (AvgIpc) is 3.46. The van der Waals surface area contributed by atoms with Gasteiger partial charge in [0.2, 0.25) is 0 Å². The first-order chi connectivity index (χ1) is 13.8. The van der Waals surface area contributed by atoms with Gasteiger partial charge in [-0.15, -0.1) is 21.5 Å². The summed E-state index contributed by atoms with van der Waals surface area (Å²) in [6.45, 7) is 0.654. The summed E-state index contributed by atoms with van der Waals surface area (Å²) in [5.41, 5.74) is 3.94. The Kier molecular flexibility index (Phi) is 5.91. The highest BCUT2D eigenvalue weighted by Crippen LogP contribution is 2.35. The second-order valence-electron chi connectivity index (χ2n) is 5.62. The van der Waals surface area contributed by atoms with Gasteiger partial charge < -0.3 is 4.74 Å². The lowest BCUT2D eigenvalue weighted by molar-refractivity contribution is 0.272. The van der Waals surface area contributed by atoms with E-state index in [1.54, 1.807) is 31.8 Å². The lowest BCUT2D eigenvalue weighted by atomic mass is 10.2. The molecule has 0 radical (unpaired) electrons. The van der Waals surface area contributed by atoms with Crippen molar-refractivity contribution in [2.75, 3.05) is 19.7 Å². The molecule has 3 aromatic heterocycles. The minimum atomic E-state index is 0.654. The number of anilines is 1. The fraction of sp³-hybridized carbons (Fsp3) is 0.167. The minimum absolute atomic E-state index is 0.654. The number of ether oxygens (including phenoxy) is 1. The first-order valence-electron chi connectivity index (χ1n) is 8.29. The molecule has 0 aliphatic heterocycles. The van der Waals surface area contributed by atoms with Crippen LogP contribution in [0.4, 0.5) is 5.00 Å². The van der Waals surface area contributed by atoms with E-state index in [4.69, 9.17) is 9.57 Å². The summed E-state index contributed by atoms with van der Waals surface area (Å²) < 4.78 is 8.23. The molecule has 4 rings (SSSR count). The Morgan fingerprint density at radius 3 is 2.71 bits per heavy atom. The quantitative estimate of drug-likeness (QED) is 0.407. The van der Waals surface area contributed by atoms with Crippen molar-refractivity contribution in [3.8, 4) is 16.5 Å². The molecule has 144 valence electrons. The first kappa shape index (κ1) is 18.9. The van der Waals surface area contributed by atoms with Crippen LogP contribution in [-0.2, 0) is 11.4 Å². The molecule has 10 heteroatoms. The number of nitrogens with one attached hydrogen (secondary N) is 1. The van der Waals surface area contributed by atoms with E-state index in [-0.39, 0.29) is 0 Å². The molecule has 0 fully saturated rings. The van der Waals surface area contributed by atoms with Crippen LogP contribution in [-0.4, -0.2) is 34.0 Å². The Labute approximate surface area is 174 Å². The van der Waals surface area contributed by atoms with Gasteiger partial charge in [0.1, 0.15) is 10.8 Å². The Morgan fingerprint density at radius 1 is 1.14 bits per heavy atom. The number of rotatable bonds is 8. The van der Waals surface area contributed by atoms with Crippen molar-refractivity contribution in [2.45, 2.75) is 16.0 Å². The van der Waals surface area contributed by atoms with Gasteiger partial charge in [0, 0.05) is 0 Å². The van der Waals surface area contributed by atoms with Crippen LogP contribution in [0.3, 0.4) is 0 Å². The molecule has 3 heterocycles. The second-order valence-corrected chi connectivity index (χ2v) is 8.81. The van der Waals surface area contributed by atoms with Gasteiger partial charge in [-0.3, -0.25) is 14.9 Å². The molecule has 1 N–H and O–H groups in total. The molecule has 1 aromatic carbocycles. The zero-order chi connectivity index (χ0) is 19.3. The van der Waals surface area contributed by atoms with E-state index in [2.05, 4.69) is 43.4 Å². The summed E-state index contributed by atoms with van der Waals surface area (Å²) in [4.78, 5) is 10.4. The number of methoxy groups -OCH3 is 1. The lowest BCUT2D eigenvalue weighted by Gasteiger charge is -2.09. The average molecular weight is 432 g/mol. The van der Waals surface area contributed by atoms with Crippen molar-refractivity contribution in [3.05, 3.63) is 53.5 Å². The molecular formula is C18H17N5O2S3. The zero-order valence-electron chi connectivity index (χ0n) is 15.2. The fourth-order valence-electron chi connectivity index (χ4n) is 2.54. The molecular weight excluding hydrogens is 414 g/mol. The highest BCUT2D eigenvalue weighted by molar-refractivity contribution is 8.01. The minimum Gasteiger partial charge on any atom is -0.497 e. The summed E-state index contributed by atoms with van der Waals surface area (Å²) in [6, 6.07) is 12.1. The molecule has 7 nitrogen and oxygen atoms in total. The molecule has 0 spiro atoms. The summed E-state index contributed by atoms with van der Waals surface area (Å²) in [6.07, 6.45) is 1.74. The van der Waals surface area contributed by atoms with Crippen LogP contribution >= 0.6 is 34.4 Å². The van der Waals surface area contributed by atoms with E-state index >= 15 is 0 Å². The molecule has 0 saturated heterocycles. The third kappa shape index (κ3) is 4.20. The predicted molar refractivity (Wildman–Crippen MR) is 112 cm³/mol. The van der Waals surface area contributed by atoms with Crippen molar-refractivity contribution in [1.82, 2.24) is 19.7 Å². The van der Waals surface area contributed by atoms with Gasteiger partial charge in [-0.05, 0) is 40.9 Å². The van der Waals surface area contributed by atoms with E-state index in [1.807, 2.05) is 23.6 Å². The lowest BCUT2D eigenvalue weighted by Crippen LogP contribution is -2.03. The smallest absolute Gasteiger partial charge is 0.198 e. The van der Waals surface area contributed by atoms with Crippen molar-refractivity contribution in [1.29, 1.82) is 0 Å². The number of hydrogen-bond acceptors (Lipinski definition) is 9. The normalized spacial score (nSPS) is 10.9. The first-order valence-corrected chi connectivity index (χ1v) is 10.8. The maximum Gasteiger partial charge on any atom is 0.198 e. The van der Waals surface area contributed by atoms with Crippen LogP contribution < -0.4 is 10.2 Å². The van der Waals surface area contributed by atoms with Gasteiger partial charge in [0.25, 0.3) is 0 Å². The van der Waals surface area contributed by atoms with E-state index in [0.29, 0.717) is 6.54 Å². The molecule has 28 heavy (non-hydrogen) atoms. The number of aromatic nitrogens is 4. The molecule has 0 aliphatic carbocycles. The molecule has 0 bridgehead atoms. The summed E-state index contributed by atoms with van der Waals surface area (Å²) in [7, 11) is 3.24. The monoisotopic (exact) mass is 431 g/mol. The number of benzene rings is 1. The van der Waals surface area contributed by atoms with Crippen LogP contribution in [0.25, 0.3) is 10.7 Å². The van der Waals surface area contributed by atoms with Crippen molar-refractivity contribution in [2.24, 2.45) is 0 Å². The van der Waals surface area contributed by atoms with E-state index < -0.39 is 0 Å². The third-order valence-corrected chi connectivity index (χ3v) is 6.64. The van der Waals surface area contributed by atoms with Crippen LogP contribution in [0.5, 0.6) is 5.75 Å². The van der Waals surface area contributed by atoms with Gasteiger partial charge in [-0.25, -0.2) is 4.98 Å². The number of hydrogen-bond donors (Lipinski definition) is 1. The zero-order valence-corrected chi connectivity index (χ0v) is 17.6. The SMILES string of the molecule is CONc1cnc(Sc2nnc(-c3cccs3)n2Cc2ccc(OC)cc2)s1. The van der Waals surface area contributed by atoms with E-state index in [0.717, 1.165) is 36.5 Å². The van der Waals surface area contributed by atoms with Crippen molar-refractivity contribution >= 4 is 39.4 Å². The number of thiophene rings is 1. The molecule has 4 aromatic rings. The number of thiazole rings is 1. The number of nitrogens with zero attached hydrogens (tertiary/aromatic N) is 4. The van der Waals surface area contributed by atoms with Crippen LogP contribution in [0, 0.1) is 0 Å². The largest absolute Gasteiger partial charge is 0.497 e. The Hall–Kier alpha value is -2.40. The Morgan fingerprint density at radius 2 is 2.00 bits per heavy atom. The molecule has 0 unspecified atom stereocenters. The standard InChI is InChI=1S/C18H17N5O2S3/c1-24-13-7-5-12(6-8-13)11-23-16(14-4-3-9-26-14)20-21-17(23)28-18-19-10-15(27-18)22-25-2/h3-10,22H,11H2,1-2H3. The van der Waals surface area contributed by atoms with E-state index in [9.17, 15) is 0 Å². The van der Waals surface area contributed by atoms with Gasteiger partial charge in [-0.2, -0.15) is 0 Å². The highest BCUT2D eigenvalue weighted by Gasteiger charge is 2.17. The van der Waals surface area contributed by atoms with Gasteiger partial charge in [-0.1, -0.05) is 29.5 Å². The molecule has 0 amide bonds. The third-order valence-electron chi connectivity index (χ3n) is 3.82. The maximum atomic E-state index is 5.25. The maximum absolute atomic E-state index is 5.25. The summed E-state index contributed by atoms with van der Waals surface area (Å²) >= 11 is 4.63. The van der Waals surface area contributed by atoms with Crippen molar-refractivity contribution < 1.29 is 9.57 Å². The fourth-order valence-corrected chi connectivity index (χ4v) is 5.04.